The molecule has 0 bridgehead atoms. The lowest BCUT2D eigenvalue weighted by Gasteiger charge is -2.35. The number of hydrogen-bond acceptors (Lipinski definition) is 7. The molecule has 0 unspecified atom stereocenters. The second kappa shape index (κ2) is 16.1. The van der Waals surface area contributed by atoms with E-state index >= 15 is 0 Å². The standard InChI is InChI=1S/C19H32N2O5.C4H11N.C2H6O/c1-4-8-14(19(25)26-5-2)20-12(3)17(22)21-15-10-7-6-9-13(15)11-16(21)18(23)24;1-4(2,3)5;1-2-3/h12-16,20H,4-11H2,1-3H3,(H,23,24);5H2,1-3H3;3H,2H2,1H3/t12-,13-,14-,15-,16-;;/m0../s1. The predicted molar refractivity (Wildman–Crippen MR) is 133 cm³/mol. The number of carboxylic acid groups (broad SMARTS) is 1. The van der Waals surface area contributed by atoms with E-state index in [1.165, 1.54) is 0 Å². The number of carbonyl (C=O) groups excluding carboxylic acids is 2. The Morgan fingerprint density at radius 3 is 2.15 bits per heavy atom. The van der Waals surface area contributed by atoms with Crippen LogP contribution >= 0.6 is 0 Å². The maximum atomic E-state index is 13.1. The molecule has 34 heavy (non-hydrogen) atoms. The molecule has 2 fully saturated rings. The molecular formula is C25H49N3O6. The number of nitrogens with zero attached hydrogens (tertiary/aromatic N) is 1. The van der Waals surface area contributed by atoms with Gasteiger partial charge in [-0.1, -0.05) is 26.2 Å². The predicted octanol–water partition coefficient (Wildman–Crippen LogP) is 2.68. The maximum Gasteiger partial charge on any atom is 0.326 e. The van der Waals surface area contributed by atoms with Gasteiger partial charge in [0, 0.05) is 18.2 Å². The normalized spacial score (nSPS) is 23.3. The first-order valence-electron chi connectivity index (χ1n) is 12.7. The van der Waals surface area contributed by atoms with Crippen LogP contribution in [0.15, 0.2) is 0 Å². The Morgan fingerprint density at radius 2 is 1.68 bits per heavy atom. The molecule has 1 saturated carbocycles. The second-order valence-corrected chi connectivity index (χ2v) is 10.1. The maximum absolute atomic E-state index is 13.1. The molecule has 2 rings (SSSR count). The van der Waals surface area contributed by atoms with Crippen molar-refractivity contribution in [2.75, 3.05) is 13.2 Å². The number of fused-ring (bicyclic) bond motifs is 1. The number of carbonyl (C=O) groups is 3. The van der Waals surface area contributed by atoms with Crippen molar-refractivity contribution in [3.05, 3.63) is 0 Å². The zero-order chi connectivity index (χ0) is 26.5. The van der Waals surface area contributed by atoms with Crippen LogP contribution in [0, 0.1) is 5.92 Å². The summed E-state index contributed by atoms with van der Waals surface area (Å²) in [6.45, 7) is 13.5. The Hall–Kier alpha value is -1.71. The Balaban J connectivity index is 0.00000118. The first kappa shape index (κ1) is 32.3. The average molecular weight is 488 g/mol. The van der Waals surface area contributed by atoms with E-state index in [1.54, 1.807) is 25.7 Å². The van der Waals surface area contributed by atoms with E-state index in [2.05, 4.69) is 5.32 Å². The van der Waals surface area contributed by atoms with Gasteiger partial charge in [-0.05, 0) is 73.1 Å². The molecule has 5 N–H and O–H groups in total. The molecule has 0 aromatic heterocycles. The van der Waals surface area contributed by atoms with E-state index in [4.69, 9.17) is 15.6 Å². The molecule has 0 radical (unpaired) electrons. The summed E-state index contributed by atoms with van der Waals surface area (Å²) in [7, 11) is 0. The van der Waals surface area contributed by atoms with Crippen LogP contribution in [0.25, 0.3) is 0 Å². The van der Waals surface area contributed by atoms with Crippen LogP contribution in [0.2, 0.25) is 0 Å². The molecule has 0 aromatic carbocycles. The molecule has 1 aliphatic carbocycles. The Labute approximate surface area is 205 Å². The van der Waals surface area contributed by atoms with Gasteiger partial charge in [-0.2, -0.15) is 0 Å². The minimum Gasteiger partial charge on any atom is -0.480 e. The molecule has 9 nitrogen and oxygen atoms in total. The Bertz CT molecular complexity index is 616. The fourth-order valence-electron chi connectivity index (χ4n) is 4.39. The number of aliphatic hydroxyl groups is 1. The molecule has 9 heteroatoms. The SMILES string of the molecule is CC(C)(C)N.CCC[C@H](N[C@@H](C)C(=O)N1[C@H](C(=O)O)C[C@@H]2CCCC[C@@H]21)C(=O)OCC.CCO. The van der Waals surface area contributed by atoms with E-state index in [0.717, 1.165) is 32.1 Å². The zero-order valence-corrected chi connectivity index (χ0v) is 22.3. The van der Waals surface area contributed by atoms with Crippen LogP contribution in [-0.4, -0.2) is 75.9 Å². The molecule has 1 saturated heterocycles. The quantitative estimate of drug-likeness (QED) is 0.383. The third-order valence-corrected chi connectivity index (χ3v) is 5.60. The number of likely N-dealkylation sites (tertiary alicyclic amines) is 1. The summed E-state index contributed by atoms with van der Waals surface area (Å²) >= 11 is 0. The van der Waals surface area contributed by atoms with E-state index in [9.17, 15) is 19.5 Å². The number of carboxylic acids is 1. The van der Waals surface area contributed by atoms with Gasteiger partial charge in [0.1, 0.15) is 12.1 Å². The number of aliphatic hydroxyl groups excluding tert-OH is 1. The third-order valence-electron chi connectivity index (χ3n) is 5.60. The highest BCUT2D eigenvalue weighted by Gasteiger charge is 2.48. The fraction of sp³-hybridized carbons (Fsp3) is 0.880. The number of nitrogens with one attached hydrogen (secondary N) is 1. The van der Waals surface area contributed by atoms with Crippen molar-refractivity contribution < 1.29 is 29.3 Å². The highest BCUT2D eigenvalue weighted by molar-refractivity contribution is 5.88. The van der Waals surface area contributed by atoms with E-state index < -0.39 is 24.1 Å². The number of amides is 1. The summed E-state index contributed by atoms with van der Waals surface area (Å²) in [6, 6.07) is -1.92. The first-order chi connectivity index (χ1) is 15.8. The van der Waals surface area contributed by atoms with Crippen LogP contribution in [-0.2, 0) is 19.1 Å². The van der Waals surface area contributed by atoms with Crippen LogP contribution < -0.4 is 11.1 Å². The lowest BCUT2D eigenvalue weighted by atomic mass is 9.84. The third kappa shape index (κ3) is 11.6. The smallest absolute Gasteiger partial charge is 0.326 e. The summed E-state index contributed by atoms with van der Waals surface area (Å²) in [5, 5.41) is 20.2. The topological polar surface area (TPSA) is 142 Å². The highest BCUT2D eigenvalue weighted by atomic mass is 16.5. The minimum atomic E-state index is -0.935. The highest BCUT2D eigenvalue weighted by Crippen LogP contribution is 2.40. The number of aliphatic carboxylic acids is 1. The fourth-order valence-corrected chi connectivity index (χ4v) is 4.39. The average Bonchev–Trinajstić information content (AvgIpc) is 3.12. The van der Waals surface area contributed by atoms with Crippen LogP contribution in [0.5, 0.6) is 0 Å². The van der Waals surface area contributed by atoms with Crippen molar-refractivity contribution in [3.63, 3.8) is 0 Å². The molecule has 1 heterocycles. The van der Waals surface area contributed by atoms with Gasteiger partial charge in [0.25, 0.3) is 0 Å². The van der Waals surface area contributed by atoms with Gasteiger partial charge < -0.3 is 25.6 Å². The molecule has 0 aromatic rings. The second-order valence-electron chi connectivity index (χ2n) is 10.1. The number of hydrogen-bond donors (Lipinski definition) is 4. The molecule has 0 spiro atoms. The zero-order valence-electron chi connectivity index (χ0n) is 22.3. The monoisotopic (exact) mass is 487 g/mol. The van der Waals surface area contributed by atoms with E-state index in [0.29, 0.717) is 19.4 Å². The molecule has 2 aliphatic rings. The number of esters is 1. The van der Waals surface area contributed by atoms with E-state index in [-0.39, 0.29) is 36.0 Å². The van der Waals surface area contributed by atoms with Gasteiger partial charge in [-0.15, -0.1) is 0 Å². The van der Waals surface area contributed by atoms with Gasteiger partial charge in [-0.25, -0.2) is 4.79 Å². The lowest BCUT2D eigenvalue weighted by Crippen LogP contribution is -2.55. The van der Waals surface area contributed by atoms with Gasteiger partial charge in [0.05, 0.1) is 12.6 Å². The summed E-state index contributed by atoms with van der Waals surface area (Å²) in [5.41, 5.74) is 5.35. The molecule has 5 atom stereocenters. The van der Waals surface area contributed by atoms with Crippen molar-refractivity contribution in [2.24, 2.45) is 11.7 Å². The van der Waals surface area contributed by atoms with E-state index in [1.807, 2.05) is 27.7 Å². The summed E-state index contributed by atoms with van der Waals surface area (Å²) in [5.74, 6) is -1.24. The van der Waals surface area contributed by atoms with Crippen molar-refractivity contribution >= 4 is 17.8 Å². The Kier molecular flexibility index (Phi) is 15.2. The molecule has 1 aliphatic heterocycles. The van der Waals surface area contributed by atoms with Gasteiger partial charge >= 0.3 is 11.9 Å². The van der Waals surface area contributed by atoms with Gasteiger partial charge in [0.2, 0.25) is 5.91 Å². The summed E-state index contributed by atoms with van der Waals surface area (Å²) in [4.78, 5) is 38.5. The molecule has 200 valence electrons. The molecular weight excluding hydrogens is 438 g/mol. The van der Waals surface area contributed by atoms with Crippen molar-refractivity contribution in [1.29, 1.82) is 0 Å². The number of rotatable bonds is 8. The number of nitrogens with two attached hydrogens (primary N) is 1. The summed E-state index contributed by atoms with van der Waals surface area (Å²) < 4.78 is 5.09. The van der Waals surface area contributed by atoms with Crippen LogP contribution in [0.1, 0.15) is 93.4 Å². The van der Waals surface area contributed by atoms with Crippen molar-refractivity contribution in [3.8, 4) is 0 Å². The van der Waals surface area contributed by atoms with Crippen LogP contribution in [0.4, 0.5) is 0 Å². The largest absolute Gasteiger partial charge is 0.480 e. The lowest BCUT2D eigenvalue weighted by molar-refractivity contribution is -0.152. The minimum absolute atomic E-state index is 0. The summed E-state index contributed by atoms with van der Waals surface area (Å²) in [6.07, 6.45) is 5.87. The Morgan fingerprint density at radius 1 is 1.15 bits per heavy atom. The van der Waals surface area contributed by atoms with Gasteiger partial charge in [-0.3, -0.25) is 14.9 Å². The van der Waals surface area contributed by atoms with Crippen molar-refractivity contribution in [2.45, 2.75) is 123 Å². The van der Waals surface area contributed by atoms with Crippen LogP contribution in [0.3, 0.4) is 0 Å². The first-order valence-corrected chi connectivity index (χ1v) is 12.7. The van der Waals surface area contributed by atoms with Gasteiger partial charge in [0.15, 0.2) is 0 Å². The molecule has 1 amide bonds. The number of ether oxygens (including phenoxy) is 1. The van der Waals surface area contributed by atoms with Crippen molar-refractivity contribution in [1.82, 2.24) is 10.2 Å².